The van der Waals surface area contributed by atoms with Crippen molar-refractivity contribution in [3.05, 3.63) is 54.1 Å². The summed E-state index contributed by atoms with van der Waals surface area (Å²) in [7, 11) is 3.42. The van der Waals surface area contributed by atoms with Gasteiger partial charge >= 0.3 is 0 Å². The van der Waals surface area contributed by atoms with Gasteiger partial charge in [0.2, 0.25) is 5.91 Å². The molecule has 1 unspecified atom stereocenters. The van der Waals surface area contributed by atoms with Gasteiger partial charge in [-0.15, -0.1) is 0 Å². The van der Waals surface area contributed by atoms with Crippen LogP contribution in [0.1, 0.15) is 17.4 Å². The van der Waals surface area contributed by atoms with Crippen molar-refractivity contribution in [2.45, 2.75) is 6.04 Å². The lowest BCUT2D eigenvalue weighted by atomic mass is 10.1. The van der Waals surface area contributed by atoms with E-state index in [1.807, 2.05) is 31.3 Å². The first-order chi connectivity index (χ1) is 14.1. The second-order valence-electron chi connectivity index (χ2n) is 6.59. The van der Waals surface area contributed by atoms with E-state index < -0.39 is 6.04 Å². The molecule has 9 heteroatoms. The summed E-state index contributed by atoms with van der Waals surface area (Å²) >= 11 is 0. The van der Waals surface area contributed by atoms with Crippen molar-refractivity contribution in [3.8, 4) is 17.2 Å². The third kappa shape index (κ3) is 4.19. The summed E-state index contributed by atoms with van der Waals surface area (Å²) in [4.78, 5) is 19.0. The van der Waals surface area contributed by atoms with Crippen LogP contribution >= 0.6 is 0 Å². The largest absolute Gasteiger partial charge is 0.497 e. The molecule has 1 saturated heterocycles. The van der Waals surface area contributed by atoms with E-state index in [1.54, 1.807) is 35.2 Å². The van der Waals surface area contributed by atoms with Crippen LogP contribution < -0.4 is 4.74 Å². The molecule has 2 aromatic heterocycles. The number of morpholine rings is 1. The fraction of sp³-hybridized carbons (Fsp3) is 0.300. The Balaban J connectivity index is 1.52. The Morgan fingerprint density at radius 1 is 1.38 bits per heavy atom. The van der Waals surface area contributed by atoms with Gasteiger partial charge in [-0.05, 0) is 23.8 Å². The second-order valence-corrected chi connectivity index (χ2v) is 6.59. The number of nitrogens with zero attached hydrogens (tertiary/aromatic N) is 5. The normalized spacial score (nSPS) is 17.0. The Bertz CT molecular complexity index is 1030. The zero-order chi connectivity index (χ0) is 20.2. The number of aryl methyl sites for hydroxylation is 1. The van der Waals surface area contributed by atoms with Gasteiger partial charge in [-0.3, -0.25) is 9.48 Å². The minimum atomic E-state index is -0.416. The number of ether oxygens (including phenoxy) is 2. The van der Waals surface area contributed by atoms with Crippen LogP contribution in [-0.4, -0.2) is 57.6 Å². The van der Waals surface area contributed by atoms with Crippen LogP contribution in [0.3, 0.4) is 0 Å². The zero-order valence-electron chi connectivity index (χ0n) is 16.2. The number of aromatic nitrogens is 4. The summed E-state index contributed by atoms with van der Waals surface area (Å²) in [5.74, 6) is 1.36. The molecule has 0 N–H and O–H groups in total. The fourth-order valence-corrected chi connectivity index (χ4v) is 3.11. The molecule has 9 nitrogen and oxygen atoms in total. The number of hydrogen-bond acceptors (Lipinski definition) is 7. The molecule has 1 amide bonds. The van der Waals surface area contributed by atoms with Gasteiger partial charge < -0.3 is 18.9 Å². The number of rotatable bonds is 5. The molecular weight excluding hydrogens is 374 g/mol. The first kappa shape index (κ1) is 18.9. The van der Waals surface area contributed by atoms with Crippen LogP contribution in [0, 0.1) is 0 Å². The molecule has 3 aromatic rings. The Labute approximate surface area is 167 Å². The molecule has 0 saturated carbocycles. The number of amides is 1. The molecule has 150 valence electrons. The molecule has 1 aromatic carbocycles. The van der Waals surface area contributed by atoms with Gasteiger partial charge in [0.1, 0.15) is 11.8 Å². The molecule has 1 aliphatic rings. The lowest BCUT2D eigenvalue weighted by Gasteiger charge is -2.32. The number of hydrogen-bond donors (Lipinski definition) is 0. The van der Waals surface area contributed by atoms with Crippen LogP contribution in [-0.2, 0) is 16.6 Å². The van der Waals surface area contributed by atoms with Gasteiger partial charge in [0.25, 0.3) is 5.89 Å². The number of carbonyl (C=O) groups is 1. The Hall–Kier alpha value is -3.46. The predicted octanol–water partition coefficient (Wildman–Crippen LogP) is 2.09. The molecule has 1 atom stereocenters. The van der Waals surface area contributed by atoms with Gasteiger partial charge in [-0.2, -0.15) is 10.1 Å². The minimum Gasteiger partial charge on any atom is -0.497 e. The molecule has 0 aliphatic carbocycles. The topological polar surface area (TPSA) is 95.5 Å². The highest BCUT2D eigenvalue weighted by atomic mass is 16.5. The van der Waals surface area contributed by atoms with Crippen LogP contribution in [0.2, 0.25) is 0 Å². The Morgan fingerprint density at radius 3 is 3.07 bits per heavy atom. The van der Waals surface area contributed by atoms with E-state index in [1.165, 1.54) is 6.08 Å². The average molecular weight is 395 g/mol. The highest BCUT2D eigenvalue weighted by Crippen LogP contribution is 2.25. The summed E-state index contributed by atoms with van der Waals surface area (Å²) in [6, 6.07) is 7.08. The maximum atomic E-state index is 12.8. The van der Waals surface area contributed by atoms with Crippen molar-refractivity contribution in [2.24, 2.45) is 7.05 Å². The number of benzene rings is 1. The van der Waals surface area contributed by atoms with Gasteiger partial charge in [0, 0.05) is 25.9 Å². The first-order valence-corrected chi connectivity index (χ1v) is 9.17. The van der Waals surface area contributed by atoms with E-state index in [9.17, 15) is 4.79 Å². The summed E-state index contributed by atoms with van der Waals surface area (Å²) in [6.45, 7) is 1.22. The van der Waals surface area contributed by atoms with E-state index in [2.05, 4.69) is 15.2 Å². The number of methoxy groups -OCH3 is 1. The van der Waals surface area contributed by atoms with E-state index >= 15 is 0 Å². The highest BCUT2D eigenvalue weighted by Gasteiger charge is 2.31. The summed E-state index contributed by atoms with van der Waals surface area (Å²) < 4.78 is 17.8. The summed E-state index contributed by atoms with van der Waals surface area (Å²) in [5, 5.41) is 8.17. The van der Waals surface area contributed by atoms with Gasteiger partial charge in [0.05, 0.1) is 32.1 Å². The molecule has 4 rings (SSSR count). The quantitative estimate of drug-likeness (QED) is 0.611. The molecule has 1 aliphatic heterocycles. The SMILES string of the molecule is COc1cccc(/C=C/C(=O)N2CCOCC2c2noc(-c3cnn(C)c3)n2)c1. The average Bonchev–Trinajstić information content (AvgIpc) is 3.41. The maximum absolute atomic E-state index is 12.8. The van der Waals surface area contributed by atoms with Crippen molar-refractivity contribution in [1.29, 1.82) is 0 Å². The minimum absolute atomic E-state index is 0.145. The van der Waals surface area contributed by atoms with Crippen LogP contribution in [0.5, 0.6) is 5.75 Å². The molecule has 0 bridgehead atoms. The maximum Gasteiger partial charge on any atom is 0.261 e. The Morgan fingerprint density at radius 2 is 2.28 bits per heavy atom. The lowest BCUT2D eigenvalue weighted by molar-refractivity contribution is -0.135. The van der Waals surface area contributed by atoms with Crippen molar-refractivity contribution in [2.75, 3.05) is 26.9 Å². The smallest absolute Gasteiger partial charge is 0.261 e. The predicted molar refractivity (Wildman–Crippen MR) is 104 cm³/mol. The highest BCUT2D eigenvalue weighted by molar-refractivity contribution is 5.92. The van der Waals surface area contributed by atoms with E-state index in [0.29, 0.717) is 31.5 Å². The van der Waals surface area contributed by atoms with Crippen LogP contribution in [0.25, 0.3) is 17.5 Å². The first-order valence-electron chi connectivity index (χ1n) is 9.17. The van der Waals surface area contributed by atoms with E-state index in [-0.39, 0.29) is 5.91 Å². The van der Waals surface area contributed by atoms with Gasteiger partial charge in [-0.1, -0.05) is 17.3 Å². The van der Waals surface area contributed by atoms with E-state index in [0.717, 1.165) is 16.9 Å². The third-order valence-corrected chi connectivity index (χ3v) is 4.62. The Kier molecular flexibility index (Phi) is 5.39. The van der Waals surface area contributed by atoms with Gasteiger partial charge in [0.15, 0.2) is 5.82 Å². The molecule has 3 heterocycles. The summed E-state index contributed by atoms with van der Waals surface area (Å²) in [6.07, 6.45) is 6.73. The standard InChI is InChI=1S/C20H21N5O4/c1-24-12-15(11-21-24)20-22-19(23-29-20)17-13-28-9-8-25(17)18(26)7-6-14-4-3-5-16(10-14)27-2/h3-7,10-12,17H,8-9,13H2,1-2H3/b7-6+. The molecule has 1 fully saturated rings. The van der Waals surface area contributed by atoms with Crippen molar-refractivity contribution < 1.29 is 18.8 Å². The second kappa shape index (κ2) is 8.27. The van der Waals surface area contributed by atoms with Crippen LogP contribution in [0.15, 0.2) is 47.3 Å². The zero-order valence-corrected chi connectivity index (χ0v) is 16.2. The monoisotopic (exact) mass is 395 g/mol. The van der Waals surface area contributed by atoms with E-state index in [4.69, 9.17) is 14.0 Å². The summed E-state index contributed by atoms with van der Waals surface area (Å²) in [5.41, 5.74) is 1.60. The number of carbonyl (C=O) groups excluding carboxylic acids is 1. The molecular formula is C20H21N5O4. The van der Waals surface area contributed by atoms with Crippen molar-refractivity contribution in [3.63, 3.8) is 0 Å². The molecule has 0 spiro atoms. The van der Waals surface area contributed by atoms with Crippen molar-refractivity contribution in [1.82, 2.24) is 24.8 Å². The van der Waals surface area contributed by atoms with Crippen molar-refractivity contribution >= 4 is 12.0 Å². The third-order valence-electron chi connectivity index (χ3n) is 4.62. The fourth-order valence-electron chi connectivity index (χ4n) is 3.11. The van der Waals surface area contributed by atoms with Gasteiger partial charge in [-0.25, -0.2) is 0 Å². The molecule has 0 radical (unpaired) electrons. The van der Waals surface area contributed by atoms with Crippen LogP contribution in [0.4, 0.5) is 0 Å². The lowest BCUT2D eigenvalue weighted by Crippen LogP contribution is -2.43. The molecule has 29 heavy (non-hydrogen) atoms.